The Bertz CT molecular complexity index is 972. The van der Waals surface area contributed by atoms with Crippen molar-refractivity contribution in [1.82, 2.24) is 9.78 Å². The number of aromatic nitrogens is 2. The van der Waals surface area contributed by atoms with Crippen LogP contribution in [0.4, 0.5) is 5.69 Å². The quantitative estimate of drug-likeness (QED) is 0.624. The minimum atomic E-state index is -0.293. The highest BCUT2D eigenvalue weighted by Gasteiger charge is 2.14. The number of aryl methyl sites for hydroxylation is 1. The average molecular weight is 398 g/mol. The number of halogens is 1. The summed E-state index contributed by atoms with van der Waals surface area (Å²) in [6.07, 6.45) is 1.71. The molecule has 0 atom stereocenters. The zero-order chi connectivity index (χ0) is 20.3. The van der Waals surface area contributed by atoms with E-state index in [4.69, 9.17) is 16.3 Å². The molecule has 146 valence electrons. The minimum Gasteiger partial charge on any atom is -0.471 e. The van der Waals surface area contributed by atoms with Crippen LogP contribution >= 0.6 is 11.6 Å². The molecule has 0 aliphatic heterocycles. The van der Waals surface area contributed by atoms with Gasteiger partial charge in [-0.1, -0.05) is 50.6 Å². The predicted octanol–water partition coefficient (Wildman–Crippen LogP) is 5.43. The lowest BCUT2D eigenvalue weighted by Gasteiger charge is -2.19. The summed E-state index contributed by atoms with van der Waals surface area (Å²) >= 11 is 6.00. The second-order valence-corrected chi connectivity index (χ2v) is 8.14. The van der Waals surface area contributed by atoms with Crippen LogP contribution in [0.1, 0.15) is 42.4 Å². The average Bonchev–Trinajstić information content (AvgIpc) is 3.12. The summed E-state index contributed by atoms with van der Waals surface area (Å²) in [5, 5.41) is 7.68. The maximum Gasteiger partial charge on any atom is 0.276 e. The first-order valence-corrected chi connectivity index (χ1v) is 9.44. The van der Waals surface area contributed by atoms with Gasteiger partial charge in [-0.15, -0.1) is 0 Å². The van der Waals surface area contributed by atoms with E-state index in [1.165, 1.54) is 5.56 Å². The molecule has 0 aliphatic carbocycles. The first-order valence-electron chi connectivity index (χ1n) is 9.07. The van der Waals surface area contributed by atoms with Crippen molar-refractivity contribution >= 4 is 23.2 Å². The van der Waals surface area contributed by atoms with Crippen LogP contribution in [0.2, 0.25) is 5.02 Å². The van der Waals surface area contributed by atoms with Crippen molar-refractivity contribution in [2.24, 2.45) is 0 Å². The van der Waals surface area contributed by atoms with Crippen LogP contribution < -0.4 is 10.1 Å². The zero-order valence-electron chi connectivity index (χ0n) is 16.5. The number of nitrogens with one attached hydrogen (secondary N) is 1. The second-order valence-electron chi connectivity index (χ2n) is 7.70. The van der Waals surface area contributed by atoms with Crippen molar-refractivity contribution in [1.29, 1.82) is 0 Å². The maximum absolute atomic E-state index is 12.4. The van der Waals surface area contributed by atoms with Crippen molar-refractivity contribution in [3.63, 3.8) is 0 Å². The standard InChI is InChI=1S/C22H24ClN3O2/c1-15-5-8-17(23)13-20(15)24-21(27)19-11-12-26(25-19)14-28-18-9-6-16(7-10-18)22(2,3)4/h5-13H,14H2,1-4H3,(H,24,27). The van der Waals surface area contributed by atoms with Gasteiger partial charge in [-0.25, -0.2) is 4.68 Å². The van der Waals surface area contributed by atoms with Crippen LogP contribution in [0.5, 0.6) is 5.75 Å². The first-order chi connectivity index (χ1) is 13.2. The van der Waals surface area contributed by atoms with E-state index in [0.29, 0.717) is 16.4 Å². The molecule has 3 aromatic rings. The Morgan fingerprint density at radius 1 is 1.14 bits per heavy atom. The van der Waals surface area contributed by atoms with Gasteiger partial charge in [0.15, 0.2) is 12.4 Å². The number of anilines is 1. The summed E-state index contributed by atoms with van der Waals surface area (Å²) in [7, 11) is 0. The maximum atomic E-state index is 12.4. The molecule has 28 heavy (non-hydrogen) atoms. The molecule has 6 heteroatoms. The zero-order valence-corrected chi connectivity index (χ0v) is 17.2. The molecule has 3 rings (SSSR count). The van der Waals surface area contributed by atoms with Gasteiger partial charge in [0.2, 0.25) is 0 Å². The highest BCUT2D eigenvalue weighted by atomic mass is 35.5. The Morgan fingerprint density at radius 3 is 2.54 bits per heavy atom. The molecule has 0 saturated carbocycles. The molecular weight excluding hydrogens is 374 g/mol. The van der Waals surface area contributed by atoms with E-state index in [0.717, 1.165) is 11.3 Å². The van der Waals surface area contributed by atoms with E-state index >= 15 is 0 Å². The van der Waals surface area contributed by atoms with Crippen LogP contribution in [-0.2, 0) is 12.1 Å². The lowest BCUT2D eigenvalue weighted by molar-refractivity contribution is 0.102. The number of amides is 1. The lowest BCUT2D eigenvalue weighted by Crippen LogP contribution is -2.15. The molecule has 1 amide bonds. The largest absolute Gasteiger partial charge is 0.471 e. The van der Waals surface area contributed by atoms with E-state index in [-0.39, 0.29) is 18.1 Å². The Balaban J connectivity index is 1.61. The van der Waals surface area contributed by atoms with Gasteiger partial charge in [-0.05, 0) is 53.8 Å². The summed E-state index contributed by atoms with van der Waals surface area (Å²) in [6, 6.07) is 15.0. The normalized spacial score (nSPS) is 11.3. The molecule has 0 fully saturated rings. The van der Waals surface area contributed by atoms with Gasteiger partial charge in [-0.3, -0.25) is 4.79 Å². The van der Waals surface area contributed by atoms with E-state index < -0.39 is 0 Å². The molecule has 0 radical (unpaired) electrons. The van der Waals surface area contributed by atoms with Gasteiger partial charge in [0.1, 0.15) is 5.75 Å². The number of benzene rings is 2. The number of hydrogen-bond donors (Lipinski definition) is 1. The number of carbonyl (C=O) groups excluding carboxylic acids is 1. The lowest BCUT2D eigenvalue weighted by atomic mass is 9.87. The molecule has 5 nitrogen and oxygen atoms in total. The molecule has 1 aromatic heterocycles. The van der Waals surface area contributed by atoms with Gasteiger partial charge < -0.3 is 10.1 Å². The predicted molar refractivity (Wildman–Crippen MR) is 112 cm³/mol. The van der Waals surface area contributed by atoms with E-state index in [2.05, 4.69) is 43.3 Å². The third kappa shape index (κ3) is 4.93. The molecule has 0 saturated heterocycles. The fourth-order valence-corrected chi connectivity index (χ4v) is 2.83. The summed E-state index contributed by atoms with van der Waals surface area (Å²) in [5.74, 6) is 0.461. The number of hydrogen-bond acceptors (Lipinski definition) is 3. The van der Waals surface area contributed by atoms with Crippen molar-refractivity contribution in [2.75, 3.05) is 5.32 Å². The molecule has 1 N–H and O–H groups in total. The third-order valence-electron chi connectivity index (χ3n) is 4.40. The Morgan fingerprint density at radius 2 is 1.86 bits per heavy atom. The molecule has 0 aliphatic rings. The number of nitrogens with zero attached hydrogens (tertiary/aromatic N) is 2. The van der Waals surface area contributed by atoms with Crippen molar-refractivity contribution in [2.45, 2.75) is 39.8 Å². The molecule has 1 heterocycles. The number of rotatable bonds is 5. The van der Waals surface area contributed by atoms with Gasteiger partial charge in [0.05, 0.1) is 0 Å². The fraction of sp³-hybridized carbons (Fsp3) is 0.273. The van der Waals surface area contributed by atoms with Crippen LogP contribution in [0.25, 0.3) is 0 Å². The smallest absolute Gasteiger partial charge is 0.276 e. The van der Waals surface area contributed by atoms with Gasteiger partial charge in [0.25, 0.3) is 5.91 Å². The Hall–Kier alpha value is -2.79. The second kappa shape index (κ2) is 8.07. The number of carbonyl (C=O) groups is 1. The van der Waals surface area contributed by atoms with Crippen LogP contribution in [0, 0.1) is 6.92 Å². The summed E-state index contributed by atoms with van der Waals surface area (Å²) in [6.45, 7) is 8.64. The third-order valence-corrected chi connectivity index (χ3v) is 4.64. The van der Waals surface area contributed by atoms with Crippen molar-refractivity contribution < 1.29 is 9.53 Å². The molecule has 0 unspecified atom stereocenters. The fourth-order valence-electron chi connectivity index (χ4n) is 2.66. The monoisotopic (exact) mass is 397 g/mol. The van der Waals surface area contributed by atoms with Crippen molar-refractivity contribution in [3.05, 3.63) is 76.6 Å². The van der Waals surface area contributed by atoms with Gasteiger partial charge in [-0.2, -0.15) is 5.10 Å². The van der Waals surface area contributed by atoms with E-state index in [9.17, 15) is 4.79 Å². The topological polar surface area (TPSA) is 56.2 Å². The van der Waals surface area contributed by atoms with Gasteiger partial charge in [0, 0.05) is 16.9 Å². The number of ether oxygens (including phenoxy) is 1. The Kier molecular flexibility index (Phi) is 5.75. The van der Waals surface area contributed by atoms with Crippen LogP contribution in [0.3, 0.4) is 0 Å². The Labute approximate surface area is 170 Å². The molecular formula is C22H24ClN3O2. The molecule has 0 bridgehead atoms. The molecule has 2 aromatic carbocycles. The SMILES string of the molecule is Cc1ccc(Cl)cc1NC(=O)c1ccn(COc2ccc(C(C)(C)C)cc2)n1. The van der Waals surface area contributed by atoms with E-state index in [1.807, 2.05) is 25.1 Å². The summed E-state index contributed by atoms with van der Waals surface area (Å²) in [5.41, 5.74) is 3.26. The van der Waals surface area contributed by atoms with Crippen molar-refractivity contribution in [3.8, 4) is 5.75 Å². The highest BCUT2D eigenvalue weighted by molar-refractivity contribution is 6.31. The first kappa shape index (κ1) is 20.0. The summed E-state index contributed by atoms with van der Waals surface area (Å²) in [4.78, 5) is 12.4. The van der Waals surface area contributed by atoms with Crippen LogP contribution in [0.15, 0.2) is 54.7 Å². The minimum absolute atomic E-state index is 0.101. The van der Waals surface area contributed by atoms with E-state index in [1.54, 1.807) is 29.1 Å². The summed E-state index contributed by atoms with van der Waals surface area (Å²) < 4.78 is 7.34. The van der Waals surface area contributed by atoms with Gasteiger partial charge >= 0.3 is 0 Å². The molecule has 0 spiro atoms. The highest BCUT2D eigenvalue weighted by Crippen LogP contribution is 2.24. The van der Waals surface area contributed by atoms with Crippen LogP contribution in [-0.4, -0.2) is 15.7 Å².